The van der Waals surface area contributed by atoms with Gasteiger partial charge in [0.05, 0.1) is 13.2 Å². The van der Waals surface area contributed by atoms with Gasteiger partial charge in [-0.05, 0) is 58.8 Å². The molecule has 5 heteroatoms. The maximum Gasteiger partial charge on any atom is 0.367 e. The molecule has 2 rings (SSSR count). The molecule has 4 nitrogen and oxygen atoms in total. The first kappa shape index (κ1) is 20.0. The molecular weight excluding hydrogens is 335 g/mol. The Bertz CT molecular complexity index is 760. The van der Waals surface area contributed by atoms with E-state index < -0.39 is 17.4 Å². The van der Waals surface area contributed by atoms with Crippen molar-refractivity contribution >= 4 is 17.1 Å². The van der Waals surface area contributed by atoms with Gasteiger partial charge < -0.3 is 14.2 Å². The van der Waals surface area contributed by atoms with Crippen molar-refractivity contribution in [1.82, 2.24) is 0 Å². The minimum atomic E-state index is -0.964. The molecule has 0 atom stereocenters. The number of ether oxygens (including phenoxy) is 3. The topological polar surface area (TPSA) is 44.8 Å². The van der Waals surface area contributed by atoms with Crippen LogP contribution in [0.1, 0.15) is 59.1 Å². The Labute approximate surface area is 154 Å². The molecule has 0 aromatic heterocycles. The van der Waals surface area contributed by atoms with Gasteiger partial charge in [-0.2, -0.15) is 4.39 Å². The lowest BCUT2D eigenvalue weighted by molar-refractivity contribution is -0.140. The molecule has 0 aliphatic carbocycles. The summed E-state index contributed by atoms with van der Waals surface area (Å²) in [6.45, 7) is 11.6. The molecule has 0 saturated heterocycles. The van der Waals surface area contributed by atoms with Gasteiger partial charge in [0.25, 0.3) is 0 Å². The SMILES string of the molecule is CCOC(=O)C(F)=C(C)c1cc2c(cc1OCC)OC(C)(C)C=C2CC. The summed E-state index contributed by atoms with van der Waals surface area (Å²) in [6.07, 6.45) is 2.89. The van der Waals surface area contributed by atoms with Crippen LogP contribution in [0.4, 0.5) is 4.39 Å². The molecule has 1 aromatic carbocycles. The zero-order valence-electron chi connectivity index (χ0n) is 16.4. The second-order valence-corrected chi connectivity index (χ2v) is 6.67. The molecule has 0 radical (unpaired) electrons. The highest BCUT2D eigenvalue weighted by Gasteiger charge is 2.28. The van der Waals surface area contributed by atoms with E-state index in [1.807, 2.05) is 26.8 Å². The average Bonchev–Trinajstić information content (AvgIpc) is 2.59. The predicted octanol–water partition coefficient (Wildman–Crippen LogP) is 5.31. The van der Waals surface area contributed by atoms with Gasteiger partial charge in [0.15, 0.2) is 0 Å². The van der Waals surface area contributed by atoms with Crippen LogP contribution in [0.3, 0.4) is 0 Å². The van der Waals surface area contributed by atoms with Gasteiger partial charge in [-0.3, -0.25) is 0 Å². The van der Waals surface area contributed by atoms with Gasteiger partial charge in [0, 0.05) is 22.8 Å². The monoisotopic (exact) mass is 362 g/mol. The summed E-state index contributed by atoms with van der Waals surface area (Å²) in [4.78, 5) is 11.8. The summed E-state index contributed by atoms with van der Waals surface area (Å²) >= 11 is 0. The molecule has 142 valence electrons. The number of benzene rings is 1. The summed E-state index contributed by atoms with van der Waals surface area (Å²) in [5, 5.41) is 0. The van der Waals surface area contributed by atoms with Gasteiger partial charge in [0.1, 0.15) is 17.1 Å². The molecule has 0 bridgehead atoms. The van der Waals surface area contributed by atoms with Crippen LogP contribution in [0.15, 0.2) is 24.0 Å². The first-order valence-corrected chi connectivity index (χ1v) is 8.99. The maximum absolute atomic E-state index is 14.5. The van der Waals surface area contributed by atoms with E-state index in [0.29, 0.717) is 23.7 Å². The van der Waals surface area contributed by atoms with Gasteiger partial charge in [-0.25, -0.2) is 4.79 Å². The molecule has 1 aliphatic heterocycles. The Balaban J connectivity index is 2.64. The lowest BCUT2D eigenvalue weighted by Crippen LogP contribution is -2.29. The van der Waals surface area contributed by atoms with Crippen molar-refractivity contribution in [2.24, 2.45) is 0 Å². The summed E-state index contributed by atoms with van der Waals surface area (Å²) in [5.41, 5.74) is 2.30. The number of carbonyl (C=O) groups is 1. The number of allylic oxidation sites excluding steroid dienone is 2. The number of carbonyl (C=O) groups excluding carboxylic acids is 1. The number of hydrogen-bond acceptors (Lipinski definition) is 4. The second-order valence-electron chi connectivity index (χ2n) is 6.67. The van der Waals surface area contributed by atoms with E-state index in [1.54, 1.807) is 19.9 Å². The highest BCUT2D eigenvalue weighted by atomic mass is 19.1. The van der Waals surface area contributed by atoms with Crippen LogP contribution in [0, 0.1) is 0 Å². The van der Waals surface area contributed by atoms with Gasteiger partial charge >= 0.3 is 5.97 Å². The van der Waals surface area contributed by atoms with Crippen molar-refractivity contribution < 1.29 is 23.4 Å². The molecule has 0 saturated carbocycles. The Morgan fingerprint density at radius 2 is 1.88 bits per heavy atom. The Hall–Kier alpha value is -2.30. The lowest BCUT2D eigenvalue weighted by Gasteiger charge is -2.32. The number of rotatable bonds is 6. The smallest absolute Gasteiger partial charge is 0.367 e. The first-order chi connectivity index (χ1) is 12.2. The van der Waals surface area contributed by atoms with Crippen LogP contribution >= 0.6 is 0 Å². The first-order valence-electron chi connectivity index (χ1n) is 8.99. The van der Waals surface area contributed by atoms with E-state index in [1.165, 1.54) is 0 Å². The maximum atomic E-state index is 14.5. The molecule has 1 aromatic rings. The third kappa shape index (κ3) is 4.09. The highest BCUT2D eigenvalue weighted by Crippen LogP contribution is 2.43. The van der Waals surface area contributed by atoms with Gasteiger partial charge in [0.2, 0.25) is 5.83 Å². The number of halogens is 1. The van der Waals surface area contributed by atoms with Gasteiger partial charge in [-0.1, -0.05) is 6.92 Å². The molecule has 0 unspecified atom stereocenters. The average molecular weight is 362 g/mol. The molecule has 26 heavy (non-hydrogen) atoms. The second kappa shape index (κ2) is 7.94. The molecule has 0 amide bonds. The van der Waals surface area contributed by atoms with E-state index in [9.17, 15) is 9.18 Å². The number of fused-ring (bicyclic) bond motifs is 1. The molecule has 0 fully saturated rings. The normalized spacial score (nSPS) is 16.0. The van der Waals surface area contributed by atoms with E-state index in [0.717, 1.165) is 17.6 Å². The van der Waals surface area contributed by atoms with Crippen LogP contribution < -0.4 is 9.47 Å². The molecular formula is C21H27FO4. The van der Waals surface area contributed by atoms with Crippen LogP contribution in [-0.2, 0) is 9.53 Å². The standard InChI is InChI=1S/C21H27FO4/c1-7-14-12-21(5,6)26-18-11-17(24-8-2)15(10-16(14)18)13(4)19(22)20(23)25-9-3/h10-12H,7-9H2,1-6H3. The zero-order chi connectivity index (χ0) is 19.5. The van der Waals surface area contributed by atoms with Crippen LogP contribution in [0.2, 0.25) is 0 Å². The summed E-state index contributed by atoms with van der Waals surface area (Å²) in [5.74, 6) is -0.692. The van der Waals surface area contributed by atoms with Crippen molar-refractivity contribution in [3.63, 3.8) is 0 Å². The van der Waals surface area contributed by atoms with Crippen LogP contribution in [0.25, 0.3) is 11.1 Å². The minimum absolute atomic E-state index is 0.119. The Morgan fingerprint density at radius 3 is 2.46 bits per heavy atom. The fourth-order valence-corrected chi connectivity index (χ4v) is 3.03. The lowest BCUT2D eigenvalue weighted by atomic mass is 9.90. The van der Waals surface area contributed by atoms with Gasteiger partial charge in [-0.15, -0.1) is 0 Å². The van der Waals surface area contributed by atoms with Crippen molar-refractivity contribution in [1.29, 1.82) is 0 Å². The summed E-state index contributed by atoms with van der Waals surface area (Å²) in [6, 6.07) is 3.61. The predicted molar refractivity (Wildman–Crippen MR) is 101 cm³/mol. The molecule has 1 heterocycles. The quantitative estimate of drug-likeness (QED) is 0.508. The number of hydrogen-bond donors (Lipinski definition) is 0. The zero-order valence-corrected chi connectivity index (χ0v) is 16.4. The van der Waals surface area contributed by atoms with Crippen LogP contribution in [-0.4, -0.2) is 24.8 Å². The Kier molecular flexibility index (Phi) is 6.11. The highest BCUT2D eigenvalue weighted by molar-refractivity contribution is 5.96. The molecule has 0 spiro atoms. The van der Waals surface area contributed by atoms with Crippen molar-refractivity contribution in [3.05, 3.63) is 35.2 Å². The fraction of sp³-hybridized carbons (Fsp3) is 0.476. The van der Waals surface area contributed by atoms with Crippen molar-refractivity contribution in [2.75, 3.05) is 13.2 Å². The summed E-state index contributed by atoms with van der Waals surface area (Å²) < 4.78 is 31.1. The van der Waals surface area contributed by atoms with Crippen LogP contribution in [0.5, 0.6) is 11.5 Å². The number of esters is 1. The molecule has 1 aliphatic rings. The third-order valence-corrected chi connectivity index (χ3v) is 4.19. The fourth-order valence-electron chi connectivity index (χ4n) is 3.03. The van der Waals surface area contributed by atoms with E-state index in [2.05, 4.69) is 13.0 Å². The van der Waals surface area contributed by atoms with Crippen molar-refractivity contribution in [2.45, 2.75) is 53.6 Å². The van der Waals surface area contributed by atoms with E-state index in [4.69, 9.17) is 14.2 Å². The Morgan fingerprint density at radius 1 is 1.19 bits per heavy atom. The largest absolute Gasteiger partial charge is 0.493 e. The van der Waals surface area contributed by atoms with Crippen molar-refractivity contribution in [3.8, 4) is 11.5 Å². The molecule has 0 N–H and O–H groups in total. The third-order valence-electron chi connectivity index (χ3n) is 4.19. The summed E-state index contributed by atoms with van der Waals surface area (Å²) in [7, 11) is 0. The van der Waals surface area contributed by atoms with E-state index >= 15 is 0 Å². The van der Waals surface area contributed by atoms with E-state index in [-0.39, 0.29) is 12.2 Å². The minimum Gasteiger partial charge on any atom is -0.493 e.